The average Bonchev–Trinajstić information content (AvgIpc) is 3.22. The van der Waals surface area contributed by atoms with E-state index in [-0.39, 0.29) is 24.0 Å². The molecule has 1 saturated carbocycles. The van der Waals surface area contributed by atoms with E-state index in [4.69, 9.17) is 20.3 Å². The van der Waals surface area contributed by atoms with Crippen molar-refractivity contribution in [3.05, 3.63) is 23.8 Å². The number of hydrogen-bond donors (Lipinski definition) is 2. The second kappa shape index (κ2) is 7.84. The van der Waals surface area contributed by atoms with Crippen LogP contribution in [0.25, 0.3) is 0 Å². The van der Waals surface area contributed by atoms with Crippen molar-refractivity contribution in [2.75, 3.05) is 33.3 Å². The molecule has 6 nitrogen and oxygen atoms in total. The topological polar surface area (TPSA) is 85.0 Å². The summed E-state index contributed by atoms with van der Waals surface area (Å²) >= 11 is 0. The molecule has 2 fully saturated rings. The number of carbonyl (C=O) groups is 1. The Balaban J connectivity index is 1.85. The molecular formula is C20H30N2O4. The second-order valence-electron chi connectivity index (χ2n) is 7.91. The number of likely N-dealkylation sites (tertiary alicyclic amines) is 1. The third-order valence-electron chi connectivity index (χ3n) is 5.88. The number of carboxylic acids is 1. The van der Waals surface area contributed by atoms with Crippen molar-refractivity contribution in [3.8, 4) is 11.5 Å². The summed E-state index contributed by atoms with van der Waals surface area (Å²) in [6.07, 6.45) is 4.86. The number of hydrogen-bond acceptors (Lipinski definition) is 5. The van der Waals surface area contributed by atoms with E-state index in [0.717, 1.165) is 29.9 Å². The number of nitrogens with zero attached hydrogens (tertiary/aromatic N) is 1. The first kappa shape index (κ1) is 19.0. The summed E-state index contributed by atoms with van der Waals surface area (Å²) in [6.45, 7) is 4.08. The monoisotopic (exact) mass is 362 g/mol. The zero-order chi connectivity index (χ0) is 18.7. The lowest BCUT2D eigenvalue weighted by Crippen LogP contribution is -2.35. The van der Waals surface area contributed by atoms with E-state index in [1.165, 1.54) is 12.8 Å². The summed E-state index contributed by atoms with van der Waals surface area (Å²) in [5.74, 6) is 0.900. The van der Waals surface area contributed by atoms with Crippen molar-refractivity contribution in [2.45, 2.75) is 44.6 Å². The Morgan fingerprint density at radius 1 is 1.35 bits per heavy atom. The third kappa shape index (κ3) is 3.96. The first-order valence-corrected chi connectivity index (χ1v) is 9.44. The van der Waals surface area contributed by atoms with Crippen LogP contribution in [0.15, 0.2) is 18.2 Å². The smallest absolute Gasteiger partial charge is 0.317 e. The minimum atomic E-state index is -0.801. The van der Waals surface area contributed by atoms with Crippen LogP contribution in [-0.2, 0) is 4.79 Å². The molecule has 3 N–H and O–H groups in total. The van der Waals surface area contributed by atoms with Crippen molar-refractivity contribution >= 4 is 5.97 Å². The van der Waals surface area contributed by atoms with Crippen LogP contribution in [0, 0.1) is 5.41 Å². The number of methoxy groups -OCH3 is 1. The molecule has 0 aromatic heterocycles. The Kier molecular flexibility index (Phi) is 5.73. The van der Waals surface area contributed by atoms with Crippen LogP contribution in [0.5, 0.6) is 11.5 Å². The molecule has 0 spiro atoms. The second-order valence-corrected chi connectivity index (χ2v) is 7.91. The van der Waals surface area contributed by atoms with Crippen LogP contribution in [0.1, 0.15) is 44.1 Å². The molecule has 2 aliphatic rings. The lowest BCUT2D eigenvalue weighted by Gasteiger charge is -2.30. The molecule has 1 aliphatic carbocycles. The van der Waals surface area contributed by atoms with Gasteiger partial charge in [-0.15, -0.1) is 0 Å². The molecule has 0 radical (unpaired) electrons. The van der Waals surface area contributed by atoms with E-state index in [1.54, 1.807) is 7.11 Å². The molecule has 1 aromatic carbocycles. The van der Waals surface area contributed by atoms with Gasteiger partial charge < -0.3 is 20.3 Å². The molecule has 6 heteroatoms. The first-order chi connectivity index (χ1) is 12.4. The lowest BCUT2D eigenvalue weighted by molar-refractivity contribution is -0.138. The van der Waals surface area contributed by atoms with Gasteiger partial charge in [0.05, 0.1) is 19.8 Å². The number of carboxylic acid groups (broad SMARTS) is 1. The number of rotatable bonds is 7. The van der Waals surface area contributed by atoms with E-state index >= 15 is 0 Å². The van der Waals surface area contributed by atoms with Gasteiger partial charge in [0.1, 0.15) is 0 Å². The maximum absolute atomic E-state index is 11.1. The number of benzene rings is 1. The molecule has 1 aromatic rings. The van der Waals surface area contributed by atoms with Gasteiger partial charge in [-0.1, -0.05) is 13.0 Å². The van der Waals surface area contributed by atoms with Crippen molar-refractivity contribution in [1.82, 2.24) is 4.90 Å². The standard InChI is InChI=1S/C20H30N2O4/c1-20(12-21)13-22(11-19(23)24)10-16(20)14-7-8-17(25-2)18(9-14)26-15-5-3-4-6-15/h7-9,15-16H,3-6,10-13,21H2,1-2H3,(H,23,24)/t16-,20+/m0/s1. The maximum atomic E-state index is 11.1. The number of aliphatic carboxylic acids is 1. The van der Waals surface area contributed by atoms with Gasteiger partial charge in [-0.25, -0.2) is 0 Å². The lowest BCUT2D eigenvalue weighted by atomic mass is 9.76. The van der Waals surface area contributed by atoms with Crippen molar-refractivity contribution in [1.29, 1.82) is 0 Å². The van der Waals surface area contributed by atoms with Gasteiger partial charge >= 0.3 is 5.97 Å². The quantitative estimate of drug-likeness (QED) is 0.775. The van der Waals surface area contributed by atoms with Gasteiger partial charge in [-0.05, 0) is 49.9 Å². The Morgan fingerprint density at radius 3 is 2.69 bits per heavy atom. The molecule has 3 rings (SSSR count). The largest absolute Gasteiger partial charge is 0.493 e. The Labute approximate surface area is 155 Å². The van der Waals surface area contributed by atoms with Gasteiger partial charge in [0.2, 0.25) is 0 Å². The Morgan fingerprint density at radius 2 is 2.08 bits per heavy atom. The molecule has 0 unspecified atom stereocenters. The van der Waals surface area contributed by atoms with Gasteiger partial charge in [-0.2, -0.15) is 0 Å². The highest BCUT2D eigenvalue weighted by Gasteiger charge is 2.43. The zero-order valence-corrected chi connectivity index (χ0v) is 15.7. The van der Waals surface area contributed by atoms with E-state index in [0.29, 0.717) is 19.6 Å². The van der Waals surface area contributed by atoms with Gasteiger partial charge in [-0.3, -0.25) is 9.69 Å². The Bertz CT molecular complexity index is 645. The highest BCUT2D eigenvalue weighted by atomic mass is 16.5. The molecule has 1 saturated heterocycles. The van der Waals surface area contributed by atoms with E-state index < -0.39 is 5.97 Å². The predicted octanol–water partition coefficient (Wildman–Crippen LogP) is 2.47. The third-order valence-corrected chi connectivity index (χ3v) is 5.88. The van der Waals surface area contributed by atoms with E-state index in [9.17, 15) is 4.79 Å². The molecule has 0 bridgehead atoms. The molecule has 1 aliphatic heterocycles. The SMILES string of the molecule is COc1ccc([C@@H]2CN(CC(=O)O)C[C@@]2(C)CN)cc1OC1CCCC1. The fourth-order valence-corrected chi connectivity index (χ4v) is 4.38. The van der Waals surface area contributed by atoms with Crippen LogP contribution in [0.4, 0.5) is 0 Å². The Hall–Kier alpha value is -1.79. The van der Waals surface area contributed by atoms with Gasteiger partial charge in [0, 0.05) is 24.4 Å². The fourth-order valence-electron chi connectivity index (χ4n) is 4.38. The molecular weight excluding hydrogens is 332 g/mol. The van der Waals surface area contributed by atoms with E-state index in [2.05, 4.69) is 19.1 Å². The van der Waals surface area contributed by atoms with Crippen LogP contribution >= 0.6 is 0 Å². The molecule has 144 valence electrons. The average molecular weight is 362 g/mol. The number of ether oxygens (including phenoxy) is 2. The summed E-state index contributed by atoms with van der Waals surface area (Å²) in [5.41, 5.74) is 7.07. The molecule has 2 atom stereocenters. The number of nitrogens with two attached hydrogens (primary N) is 1. The van der Waals surface area contributed by atoms with Gasteiger partial charge in [0.25, 0.3) is 0 Å². The van der Waals surface area contributed by atoms with E-state index in [1.807, 2.05) is 11.0 Å². The summed E-state index contributed by atoms with van der Waals surface area (Å²) in [4.78, 5) is 13.1. The summed E-state index contributed by atoms with van der Waals surface area (Å²) in [5, 5.41) is 9.14. The van der Waals surface area contributed by atoms with Crippen LogP contribution in [0.3, 0.4) is 0 Å². The fraction of sp³-hybridized carbons (Fsp3) is 0.650. The van der Waals surface area contributed by atoms with Crippen molar-refractivity contribution < 1.29 is 19.4 Å². The van der Waals surface area contributed by atoms with Crippen LogP contribution in [-0.4, -0.2) is 55.4 Å². The zero-order valence-electron chi connectivity index (χ0n) is 15.7. The van der Waals surface area contributed by atoms with Crippen molar-refractivity contribution in [2.24, 2.45) is 11.1 Å². The summed E-state index contributed by atoms with van der Waals surface area (Å²) in [7, 11) is 1.66. The minimum Gasteiger partial charge on any atom is -0.493 e. The van der Waals surface area contributed by atoms with Crippen LogP contribution in [0.2, 0.25) is 0 Å². The molecule has 1 heterocycles. The first-order valence-electron chi connectivity index (χ1n) is 9.44. The molecule has 0 amide bonds. The normalized spacial score (nSPS) is 27.0. The summed E-state index contributed by atoms with van der Waals surface area (Å²) in [6, 6.07) is 6.08. The highest BCUT2D eigenvalue weighted by molar-refractivity contribution is 5.69. The molecule has 26 heavy (non-hydrogen) atoms. The minimum absolute atomic E-state index is 0.0493. The maximum Gasteiger partial charge on any atom is 0.317 e. The predicted molar refractivity (Wildman–Crippen MR) is 99.9 cm³/mol. The van der Waals surface area contributed by atoms with Gasteiger partial charge in [0.15, 0.2) is 11.5 Å². The highest BCUT2D eigenvalue weighted by Crippen LogP contribution is 2.44. The van der Waals surface area contributed by atoms with Crippen molar-refractivity contribution in [3.63, 3.8) is 0 Å². The summed E-state index contributed by atoms with van der Waals surface area (Å²) < 4.78 is 11.7. The van der Waals surface area contributed by atoms with Crippen LogP contribution < -0.4 is 15.2 Å².